The first kappa shape index (κ1) is 21.4. The summed E-state index contributed by atoms with van der Waals surface area (Å²) < 4.78 is 6.49. The van der Waals surface area contributed by atoms with Gasteiger partial charge < -0.3 is 10.1 Å². The lowest BCUT2D eigenvalue weighted by atomic mass is 10.0. The highest BCUT2D eigenvalue weighted by Crippen LogP contribution is 2.25. The molecule has 0 aromatic carbocycles. The normalized spacial score (nSPS) is 11.7. The van der Waals surface area contributed by atoms with Gasteiger partial charge in [0.05, 0.1) is 12.8 Å². The second-order valence-electron chi connectivity index (χ2n) is 5.64. The van der Waals surface area contributed by atoms with Gasteiger partial charge in [0.15, 0.2) is 0 Å². The van der Waals surface area contributed by atoms with Crippen molar-refractivity contribution in [3.63, 3.8) is 0 Å². The number of methoxy groups -OCH3 is 1. The molecule has 0 aliphatic rings. The van der Waals surface area contributed by atoms with Crippen molar-refractivity contribution in [3.05, 3.63) is 17.0 Å². The Bertz CT molecular complexity index is 471. The number of ether oxygens (including phenoxy) is 1. The highest BCUT2D eigenvalue weighted by Gasteiger charge is 2.21. The average molecular weight is 326 g/mol. The highest BCUT2D eigenvalue weighted by molar-refractivity contribution is 5.66. The zero-order chi connectivity index (χ0) is 18.0. The molecule has 0 aliphatic heterocycles. The van der Waals surface area contributed by atoms with Gasteiger partial charge >= 0.3 is 6.09 Å². The number of amides is 1. The van der Waals surface area contributed by atoms with Crippen LogP contribution >= 0.6 is 0 Å². The predicted octanol–water partition coefficient (Wildman–Crippen LogP) is 3.19. The minimum Gasteiger partial charge on any atom is -0.453 e. The van der Waals surface area contributed by atoms with E-state index in [-0.39, 0.29) is 12.1 Å². The third-order valence-corrected chi connectivity index (χ3v) is 3.79. The van der Waals surface area contributed by atoms with Crippen molar-refractivity contribution in [1.82, 2.24) is 20.0 Å². The van der Waals surface area contributed by atoms with Gasteiger partial charge in [-0.2, -0.15) is 5.10 Å². The van der Waals surface area contributed by atoms with E-state index in [1.54, 1.807) is 0 Å². The van der Waals surface area contributed by atoms with Crippen LogP contribution in [0.1, 0.15) is 57.1 Å². The summed E-state index contributed by atoms with van der Waals surface area (Å²) in [6.45, 7) is 14.9. The van der Waals surface area contributed by atoms with E-state index in [2.05, 4.69) is 54.7 Å². The van der Waals surface area contributed by atoms with E-state index in [0.29, 0.717) is 6.54 Å². The first-order chi connectivity index (χ1) is 10.8. The van der Waals surface area contributed by atoms with E-state index < -0.39 is 0 Å². The van der Waals surface area contributed by atoms with Gasteiger partial charge in [-0.1, -0.05) is 27.2 Å². The molecule has 134 valence electrons. The summed E-state index contributed by atoms with van der Waals surface area (Å²) in [6.07, 6.45) is 0.863. The summed E-state index contributed by atoms with van der Waals surface area (Å²) in [5, 5.41) is 7.18. The predicted molar refractivity (Wildman–Crippen MR) is 94.7 cm³/mol. The Morgan fingerprint density at radius 1 is 1.35 bits per heavy atom. The van der Waals surface area contributed by atoms with Crippen molar-refractivity contribution >= 4 is 6.09 Å². The van der Waals surface area contributed by atoms with E-state index in [1.165, 1.54) is 24.8 Å². The van der Waals surface area contributed by atoms with Crippen molar-refractivity contribution in [2.24, 2.45) is 7.05 Å². The monoisotopic (exact) mass is 326 g/mol. The average Bonchev–Trinajstić information content (AvgIpc) is 2.76. The van der Waals surface area contributed by atoms with Crippen LogP contribution in [0.4, 0.5) is 4.79 Å². The summed E-state index contributed by atoms with van der Waals surface area (Å²) in [4.78, 5) is 13.4. The Morgan fingerprint density at radius 3 is 2.30 bits per heavy atom. The number of alkyl carbamates (subject to hydrolysis) is 1. The first-order valence-corrected chi connectivity index (χ1v) is 8.39. The van der Waals surface area contributed by atoms with Gasteiger partial charge in [-0.05, 0) is 27.3 Å². The second kappa shape index (κ2) is 11.0. The van der Waals surface area contributed by atoms with Crippen molar-refractivity contribution < 1.29 is 9.53 Å². The van der Waals surface area contributed by atoms with Gasteiger partial charge in [0.2, 0.25) is 0 Å². The highest BCUT2D eigenvalue weighted by atomic mass is 16.5. The van der Waals surface area contributed by atoms with E-state index in [4.69, 9.17) is 0 Å². The zero-order valence-corrected chi connectivity index (χ0v) is 16.1. The van der Waals surface area contributed by atoms with Gasteiger partial charge in [-0.15, -0.1) is 0 Å². The lowest BCUT2D eigenvalue weighted by Gasteiger charge is -2.28. The summed E-state index contributed by atoms with van der Waals surface area (Å²) in [5.41, 5.74) is 3.53. The van der Waals surface area contributed by atoms with Crippen LogP contribution in [0.2, 0.25) is 0 Å². The SMILES string of the molecule is CCC.CCN(CCNC(=O)OC)C(C)c1c(C)nn(C)c1C. The molecule has 0 bridgehead atoms. The number of hydrogen-bond acceptors (Lipinski definition) is 4. The Hall–Kier alpha value is -1.56. The molecular weight excluding hydrogens is 292 g/mol. The first-order valence-electron chi connectivity index (χ1n) is 8.39. The van der Waals surface area contributed by atoms with Crippen molar-refractivity contribution in [2.75, 3.05) is 26.7 Å². The van der Waals surface area contributed by atoms with Crippen LogP contribution in [0.3, 0.4) is 0 Å². The molecule has 0 saturated heterocycles. The standard InChI is InChI=1S/C14H26N4O2.C3H8/c1-7-18(9-8-15-14(19)20-6)12(4)13-10(2)16-17(5)11(13)3;1-3-2/h12H,7-9H2,1-6H3,(H,15,19);3H2,1-2H3. The van der Waals surface area contributed by atoms with Crippen LogP contribution in [0.5, 0.6) is 0 Å². The van der Waals surface area contributed by atoms with Gasteiger partial charge in [0.1, 0.15) is 0 Å². The fraction of sp³-hybridized carbons (Fsp3) is 0.765. The van der Waals surface area contributed by atoms with Gasteiger partial charge in [0.25, 0.3) is 0 Å². The summed E-state index contributed by atoms with van der Waals surface area (Å²) >= 11 is 0. The van der Waals surface area contributed by atoms with E-state index in [9.17, 15) is 4.79 Å². The minimum absolute atomic E-state index is 0.271. The number of aryl methyl sites for hydroxylation is 2. The minimum atomic E-state index is -0.387. The van der Waals surface area contributed by atoms with Crippen LogP contribution in [-0.4, -0.2) is 47.5 Å². The summed E-state index contributed by atoms with van der Waals surface area (Å²) in [6, 6.07) is 0.271. The summed E-state index contributed by atoms with van der Waals surface area (Å²) in [5.74, 6) is 0. The number of aromatic nitrogens is 2. The molecule has 1 atom stereocenters. The van der Waals surface area contributed by atoms with Crippen molar-refractivity contribution in [3.8, 4) is 0 Å². The second-order valence-corrected chi connectivity index (χ2v) is 5.64. The zero-order valence-electron chi connectivity index (χ0n) is 16.1. The summed E-state index contributed by atoms with van der Waals surface area (Å²) in [7, 11) is 3.34. The Balaban J connectivity index is 0.00000149. The Labute approximate surface area is 141 Å². The molecule has 0 spiro atoms. The van der Waals surface area contributed by atoms with Crippen LogP contribution in [0.25, 0.3) is 0 Å². The number of nitrogens with one attached hydrogen (secondary N) is 1. The quantitative estimate of drug-likeness (QED) is 0.872. The van der Waals surface area contributed by atoms with E-state index in [1.807, 2.05) is 18.7 Å². The molecule has 6 nitrogen and oxygen atoms in total. The lowest BCUT2D eigenvalue weighted by molar-refractivity contribution is 0.165. The third kappa shape index (κ3) is 6.60. The van der Waals surface area contributed by atoms with Crippen LogP contribution in [0, 0.1) is 13.8 Å². The molecule has 23 heavy (non-hydrogen) atoms. The van der Waals surface area contributed by atoms with E-state index in [0.717, 1.165) is 18.8 Å². The molecule has 0 saturated carbocycles. The van der Waals surface area contributed by atoms with Crippen molar-refractivity contribution in [2.45, 2.75) is 54.0 Å². The fourth-order valence-corrected chi connectivity index (χ4v) is 2.58. The molecule has 1 aromatic heterocycles. The fourth-order valence-electron chi connectivity index (χ4n) is 2.58. The van der Waals surface area contributed by atoms with Crippen molar-refractivity contribution in [1.29, 1.82) is 0 Å². The number of rotatable bonds is 6. The maximum atomic E-state index is 11.1. The van der Waals surface area contributed by atoms with Gasteiger partial charge in [-0.3, -0.25) is 9.58 Å². The smallest absolute Gasteiger partial charge is 0.406 e. The number of likely N-dealkylation sites (N-methyl/N-ethyl adjacent to an activating group) is 1. The third-order valence-electron chi connectivity index (χ3n) is 3.79. The van der Waals surface area contributed by atoms with Crippen LogP contribution in [0.15, 0.2) is 0 Å². The molecule has 1 N–H and O–H groups in total. The van der Waals surface area contributed by atoms with Gasteiger partial charge in [0, 0.05) is 37.4 Å². The largest absolute Gasteiger partial charge is 0.453 e. The molecule has 0 fully saturated rings. The molecule has 0 aliphatic carbocycles. The number of nitrogens with zero attached hydrogens (tertiary/aromatic N) is 3. The molecule has 1 heterocycles. The maximum Gasteiger partial charge on any atom is 0.406 e. The molecular formula is C17H34N4O2. The lowest BCUT2D eigenvalue weighted by Crippen LogP contribution is -2.36. The molecule has 1 unspecified atom stereocenters. The number of carbonyl (C=O) groups is 1. The Kier molecular flexibility index (Phi) is 10.3. The topological polar surface area (TPSA) is 59.4 Å². The molecule has 1 rings (SSSR count). The molecule has 0 radical (unpaired) electrons. The molecule has 1 amide bonds. The van der Waals surface area contributed by atoms with Crippen LogP contribution in [-0.2, 0) is 11.8 Å². The number of hydrogen-bond donors (Lipinski definition) is 1. The van der Waals surface area contributed by atoms with E-state index >= 15 is 0 Å². The van der Waals surface area contributed by atoms with Crippen LogP contribution < -0.4 is 5.32 Å². The Morgan fingerprint density at radius 2 is 1.91 bits per heavy atom. The maximum absolute atomic E-state index is 11.1. The molecule has 1 aromatic rings. The van der Waals surface area contributed by atoms with Gasteiger partial charge in [-0.25, -0.2) is 4.79 Å². The molecule has 6 heteroatoms. The number of carbonyl (C=O) groups excluding carboxylic acids is 1.